The highest BCUT2D eigenvalue weighted by atomic mass is 31.2. The number of pyridine rings is 1. The molecule has 0 saturated heterocycles. The smallest absolute Gasteiger partial charge is 0.171 e. The van der Waals surface area contributed by atoms with Crippen molar-refractivity contribution in [3.63, 3.8) is 0 Å². The maximum atomic E-state index is 15.1. The summed E-state index contributed by atoms with van der Waals surface area (Å²) in [5.41, 5.74) is 11.6. The van der Waals surface area contributed by atoms with Crippen LogP contribution in [0.1, 0.15) is 22.3 Å². The molecule has 1 spiro atoms. The molecule has 0 radical (unpaired) electrons. The van der Waals surface area contributed by atoms with Crippen molar-refractivity contribution in [3.8, 4) is 45.0 Å². The van der Waals surface area contributed by atoms with Crippen LogP contribution in [0.2, 0.25) is 0 Å². The minimum atomic E-state index is -3.10. The highest BCUT2D eigenvalue weighted by Crippen LogP contribution is 2.62. The summed E-state index contributed by atoms with van der Waals surface area (Å²) in [6.07, 6.45) is 0. The molecular formula is C56H36NO2P. The third kappa shape index (κ3) is 4.97. The Morgan fingerprint density at radius 1 is 0.383 bits per heavy atom. The number of rotatable bonds is 5. The molecule has 9 aromatic carbocycles. The first kappa shape index (κ1) is 34.7. The summed E-state index contributed by atoms with van der Waals surface area (Å²) in [5, 5.41) is 5.67. The van der Waals surface area contributed by atoms with E-state index in [0.29, 0.717) is 0 Å². The molecule has 1 aliphatic carbocycles. The van der Waals surface area contributed by atoms with Crippen LogP contribution in [0.5, 0.6) is 11.5 Å². The van der Waals surface area contributed by atoms with Crippen LogP contribution in [-0.4, -0.2) is 4.98 Å². The van der Waals surface area contributed by atoms with Crippen molar-refractivity contribution < 1.29 is 9.30 Å². The second kappa shape index (κ2) is 13.4. The fourth-order valence-electron chi connectivity index (χ4n) is 9.94. The summed E-state index contributed by atoms with van der Waals surface area (Å²) in [5.74, 6) is 1.71. The topological polar surface area (TPSA) is 39.2 Å². The predicted molar refractivity (Wildman–Crippen MR) is 247 cm³/mol. The third-order valence-corrected chi connectivity index (χ3v) is 15.7. The van der Waals surface area contributed by atoms with Crippen molar-refractivity contribution in [1.82, 2.24) is 4.98 Å². The molecule has 12 rings (SSSR count). The lowest BCUT2D eigenvalue weighted by molar-refractivity contribution is 0.437. The third-order valence-electron chi connectivity index (χ3n) is 12.6. The normalized spacial score (nSPS) is 13.3. The Labute approximate surface area is 348 Å². The van der Waals surface area contributed by atoms with Crippen molar-refractivity contribution in [1.29, 1.82) is 0 Å². The number of benzene rings is 9. The van der Waals surface area contributed by atoms with Gasteiger partial charge < -0.3 is 9.30 Å². The van der Waals surface area contributed by atoms with Crippen LogP contribution in [0.3, 0.4) is 0 Å². The van der Waals surface area contributed by atoms with E-state index in [1.54, 1.807) is 0 Å². The van der Waals surface area contributed by atoms with Gasteiger partial charge in [0.1, 0.15) is 11.5 Å². The average Bonchev–Trinajstić information content (AvgIpc) is 3.62. The maximum Gasteiger partial charge on any atom is 0.171 e. The summed E-state index contributed by atoms with van der Waals surface area (Å²) in [6, 6.07) is 75.8. The molecule has 0 fully saturated rings. The molecule has 10 aromatic rings. The van der Waals surface area contributed by atoms with Gasteiger partial charge in [0, 0.05) is 43.4 Å². The second-order valence-electron chi connectivity index (χ2n) is 15.7. The SMILES string of the molecule is O=P(c1ccccc1)(c1ccccc1)c1ccc(-c2ccc3c(c2)nc(-c2ccccc2)c2cc4c(cc23)C2(c3ccccc3O4)c3ccccc3-c3ccccc32)cc1. The second-order valence-corrected chi connectivity index (χ2v) is 18.5. The molecule has 0 unspecified atom stereocenters. The first-order valence-electron chi connectivity index (χ1n) is 20.4. The minimum absolute atomic E-state index is 0.575. The highest BCUT2D eigenvalue weighted by Gasteiger charge is 2.51. The van der Waals surface area contributed by atoms with Gasteiger partial charge in [0.2, 0.25) is 0 Å². The van der Waals surface area contributed by atoms with Crippen LogP contribution in [0.4, 0.5) is 0 Å². The molecule has 0 N–H and O–H groups in total. The molecule has 0 bridgehead atoms. The first-order valence-corrected chi connectivity index (χ1v) is 22.1. The lowest BCUT2D eigenvalue weighted by Crippen LogP contribution is -2.32. The van der Waals surface area contributed by atoms with Gasteiger partial charge in [-0.15, -0.1) is 0 Å². The largest absolute Gasteiger partial charge is 0.457 e. The van der Waals surface area contributed by atoms with Gasteiger partial charge in [-0.05, 0) is 63.0 Å². The number of para-hydroxylation sites is 1. The van der Waals surface area contributed by atoms with Crippen LogP contribution in [0.25, 0.3) is 55.2 Å². The number of hydrogen-bond donors (Lipinski definition) is 0. The van der Waals surface area contributed by atoms with Crippen LogP contribution in [-0.2, 0) is 9.98 Å². The van der Waals surface area contributed by atoms with Crippen molar-refractivity contribution in [2.45, 2.75) is 5.41 Å². The van der Waals surface area contributed by atoms with Crippen molar-refractivity contribution >= 4 is 44.7 Å². The molecule has 1 aliphatic heterocycles. The zero-order valence-corrected chi connectivity index (χ0v) is 33.4. The van der Waals surface area contributed by atoms with E-state index in [9.17, 15) is 0 Å². The lowest BCUT2D eigenvalue weighted by Gasteiger charge is -2.39. The Morgan fingerprint density at radius 2 is 0.917 bits per heavy atom. The summed E-state index contributed by atoms with van der Waals surface area (Å²) in [7, 11) is -3.10. The fourth-order valence-corrected chi connectivity index (χ4v) is 12.6. The molecule has 3 nitrogen and oxygen atoms in total. The number of aromatic nitrogens is 1. The quantitative estimate of drug-likeness (QED) is 0.129. The van der Waals surface area contributed by atoms with Gasteiger partial charge in [0.25, 0.3) is 0 Å². The van der Waals surface area contributed by atoms with Gasteiger partial charge in [0.15, 0.2) is 7.14 Å². The summed E-state index contributed by atoms with van der Waals surface area (Å²) >= 11 is 0. The Kier molecular flexibility index (Phi) is 7.73. The van der Waals surface area contributed by atoms with E-state index < -0.39 is 12.6 Å². The summed E-state index contributed by atoms with van der Waals surface area (Å²) in [4.78, 5) is 5.45. The Morgan fingerprint density at radius 3 is 1.57 bits per heavy atom. The number of hydrogen-bond acceptors (Lipinski definition) is 3. The van der Waals surface area contributed by atoms with E-state index in [1.807, 2.05) is 78.9 Å². The molecule has 0 saturated carbocycles. The van der Waals surface area contributed by atoms with Gasteiger partial charge in [-0.1, -0.05) is 194 Å². The fraction of sp³-hybridized carbons (Fsp3) is 0.0179. The Balaban J connectivity index is 1.07. The molecule has 60 heavy (non-hydrogen) atoms. The Bertz CT molecular complexity index is 3270. The standard InChI is InChI=1S/C56H36NO2P/c58-60(40-18-6-2-7-19-40,41-20-8-3-9-21-41)42-31-28-37(29-32-42)39-30-33-45-46-35-51-54(36-47(46)55(57-52(45)34-39)38-16-4-1-5-17-38)59-53-27-15-14-26-50(53)56(51)48-24-12-10-22-43(48)44-23-11-13-25-49(44)56/h1-36H. The zero-order valence-electron chi connectivity index (χ0n) is 32.5. The van der Waals surface area contributed by atoms with E-state index in [2.05, 4.69) is 140 Å². The number of fused-ring (bicyclic) bond motifs is 12. The molecule has 4 heteroatoms. The highest BCUT2D eigenvalue weighted by molar-refractivity contribution is 7.85. The number of nitrogens with zero attached hydrogens (tertiary/aromatic N) is 1. The van der Waals surface area contributed by atoms with Crippen LogP contribution in [0.15, 0.2) is 218 Å². The van der Waals surface area contributed by atoms with Gasteiger partial charge in [-0.25, -0.2) is 4.98 Å². The lowest BCUT2D eigenvalue weighted by atomic mass is 9.65. The molecule has 282 valence electrons. The Hall–Kier alpha value is -7.32. The minimum Gasteiger partial charge on any atom is -0.457 e. The van der Waals surface area contributed by atoms with E-state index >= 15 is 4.57 Å². The first-order chi connectivity index (χ1) is 29.6. The van der Waals surface area contributed by atoms with Gasteiger partial charge in [-0.3, -0.25) is 0 Å². The van der Waals surface area contributed by atoms with Crippen molar-refractivity contribution in [2.24, 2.45) is 0 Å². The summed E-state index contributed by atoms with van der Waals surface area (Å²) < 4.78 is 22.0. The molecule has 2 heterocycles. The predicted octanol–water partition coefficient (Wildman–Crippen LogP) is 12.8. The average molecular weight is 786 g/mol. The van der Waals surface area contributed by atoms with Gasteiger partial charge in [0.05, 0.1) is 16.6 Å². The van der Waals surface area contributed by atoms with Crippen molar-refractivity contribution in [3.05, 3.63) is 241 Å². The zero-order chi connectivity index (χ0) is 39.8. The molecule has 1 aromatic heterocycles. The van der Waals surface area contributed by atoms with Gasteiger partial charge >= 0.3 is 0 Å². The number of ether oxygens (including phenoxy) is 1. The van der Waals surface area contributed by atoms with E-state index in [4.69, 9.17) is 9.72 Å². The van der Waals surface area contributed by atoms with Crippen LogP contribution in [0, 0.1) is 0 Å². The van der Waals surface area contributed by atoms with E-state index in [0.717, 1.165) is 82.6 Å². The van der Waals surface area contributed by atoms with Crippen LogP contribution >= 0.6 is 7.14 Å². The molecule has 0 atom stereocenters. The van der Waals surface area contributed by atoms with Crippen molar-refractivity contribution in [2.75, 3.05) is 0 Å². The molecule has 2 aliphatic rings. The monoisotopic (exact) mass is 785 g/mol. The van der Waals surface area contributed by atoms with E-state index in [-0.39, 0.29) is 0 Å². The van der Waals surface area contributed by atoms with E-state index in [1.165, 1.54) is 22.3 Å². The molecule has 0 amide bonds. The molecular weight excluding hydrogens is 750 g/mol. The van der Waals surface area contributed by atoms with Crippen LogP contribution < -0.4 is 20.7 Å². The maximum absolute atomic E-state index is 15.1. The van der Waals surface area contributed by atoms with Gasteiger partial charge in [-0.2, -0.15) is 0 Å². The summed E-state index contributed by atoms with van der Waals surface area (Å²) in [6.45, 7) is 0.